The lowest BCUT2D eigenvalue weighted by Gasteiger charge is -2.21. The summed E-state index contributed by atoms with van der Waals surface area (Å²) in [5.41, 5.74) is 2.31. The van der Waals surface area contributed by atoms with Crippen LogP contribution in [-0.4, -0.2) is 36.0 Å². The number of para-hydroxylation sites is 1. The highest BCUT2D eigenvalue weighted by Gasteiger charge is 2.20. The third-order valence-electron chi connectivity index (χ3n) is 4.20. The van der Waals surface area contributed by atoms with Crippen molar-refractivity contribution in [1.82, 2.24) is 15.1 Å². The molecule has 27 heavy (non-hydrogen) atoms. The van der Waals surface area contributed by atoms with Crippen LogP contribution in [-0.2, 0) is 6.54 Å². The summed E-state index contributed by atoms with van der Waals surface area (Å²) in [6, 6.07) is 13.1. The molecule has 0 saturated carbocycles. The van der Waals surface area contributed by atoms with Crippen molar-refractivity contribution < 1.29 is 19.0 Å². The number of amides is 1. The second-order valence-electron chi connectivity index (χ2n) is 6.01. The fraction of sp³-hybridized carbons (Fsp3) is 0.200. The van der Waals surface area contributed by atoms with E-state index in [2.05, 4.69) is 10.4 Å². The Morgan fingerprint density at radius 2 is 2.04 bits per heavy atom. The van der Waals surface area contributed by atoms with Gasteiger partial charge in [-0.15, -0.1) is 0 Å². The monoisotopic (exact) mass is 365 g/mol. The predicted molar refractivity (Wildman–Crippen MR) is 98.7 cm³/mol. The van der Waals surface area contributed by atoms with Crippen molar-refractivity contribution in [3.05, 3.63) is 66.0 Å². The molecule has 0 saturated heterocycles. The van der Waals surface area contributed by atoms with E-state index in [1.807, 2.05) is 36.5 Å². The van der Waals surface area contributed by atoms with Gasteiger partial charge in [-0.05, 0) is 24.3 Å². The smallest absolute Gasteiger partial charge is 0.251 e. The maximum atomic E-state index is 12.6. The Labute approximate surface area is 156 Å². The summed E-state index contributed by atoms with van der Waals surface area (Å²) in [7, 11) is 1.53. The number of carbonyl (C=O) groups is 1. The van der Waals surface area contributed by atoms with Gasteiger partial charge in [0.05, 0.1) is 19.0 Å². The summed E-state index contributed by atoms with van der Waals surface area (Å²) in [5, 5.41) is 7.22. The first-order valence-corrected chi connectivity index (χ1v) is 8.59. The van der Waals surface area contributed by atoms with E-state index >= 15 is 0 Å². The molecule has 3 aromatic rings. The van der Waals surface area contributed by atoms with E-state index in [4.69, 9.17) is 14.2 Å². The minimum absolute atomic E-state index is 0.224. The molecule has 0 unspecified atom stereocenters. The van der Waals surface area contributed by atoms with E-state index in [0.29, 0.717) is 42.6 Å². The third-order valence-corrected chi connectivity index (χ3v) is 4.20. The zero-order chi connectivity index (χ0) is 18.6. The number of fused-ring (bicyclic) bond motifs is 1. The third kappa shape index (κ3) is 3.57. The van der Waals surface area contributed by atoms with Crippen LogP contribution in [0.1, 0.15) is 15.9 Å². The molecule has 138 valence electrons. The van der Waals surface area contributed by atoms with Gasteiger partial charge in [0.15, 0.2) is 11.5 Å². The van der Waals surface area contributed by atoms with E-state index in [9.17, 15) is 4.79 Å². The highest BCUT2D eigenvalue weighted by atomic mass is 16.6. The molecule has 1 aromatic heterocycles. The van der Waals surface area contributed by atoms with Crippen molar-refractivity contribution in [2.75, 3.05) is 20.3 Å². The van der Waals surface area contributed by atoms with Crippen LogP contribution in [0.15, 0.2) is 54.9 Å². The minimum Gasteiger partial charge on any atom is -0.493 e. The molecule has 0 spiro atoms. The molecule has 0 aliphatic carbocycles. The fourth-order valence-electron chi connectivity index (χ4n) is 2.86. The van der Waals surface area contributed by atoms with Gasteiger partial charge in [0.25, 0.3) is 5.91 Å². The van der Waals surface area contributed by atoms with Crippen molar-refractivity contribution in [3.8, 4) is 22.9 Å². The second kappa shape index (κ2) is 7.41. The normalized spacial score (nSPS) is 12.5. The minimum atomic E-state index is -0.224. The maximum Gasteiger partial charge on any atom is 0.251 e. The quantitative estimate of drug-likeness (QED) is 0.752. The average Bonchev–Trinajstić information content (AvgIpc) is 3.21. The van der Waals surface area contributed by atoms with Crippen LogP contribution < -0.4 is 19.5 Å². The molecule has 0 radical (unpaired) electrons. The first kappa shape index (κ1) is 17.0. The Kier molecular flexibility index (Phi) is 4.65. The number of hydrogen-bond acceptors (Lipinski definition) is 5. The van der Waals surface area contributed by atoms with Crippen molar-refractivity contribution in [3.63, 3.8) is 0 Å². The summed E-state index contributed by atoms with van der Waals surface area (Å²) in [4.78, 5) is 12.6. The Hall–Kier alpha value is -3.48. The van der Waals surface area contributed by atoms with Crippen molar-refractivity contribution in [2.24, 2.45) is 0 Å². The van der Waals surface area contributed by atoms with Gasteiger partial charge in [0.2, 0.25) is 5.75 Å². The lowest BCUT2D eigenvalue weighted by Crippen LogP contribution is -2.23. The van der Waals surface area contributed by atoms with Gasteiger partial charge < -0.3 is 19.5 Å². The van der Waals surface area contributed by atoms with Crippen molar-refractivity contribution in [2.45, 2.75) is 6.54 Å². The molecule has 0 bridgehead atoms. The summed E-state index contributed by atoms with van der Waals surface area (Å²) >= 11 is 0. The van der Waals surface area contributed by atoms with Crippen molar-refractivity contribution in [1.29, 1.82) is 0 Å². The number of benzene rings is 2. The molecule has 0 fully saturated rings. The van der Waals surface area contributed by atoms with Crippen LogP contribution >= 0.6 is 0 Å². The number of rotatable bonds is 5. The SMILES string of the molecule is COc1cc(C(=O)NCc2cnn(-c3ccccc3)c2)cc2c1OCCO2. The molecular weight excluding hydrogens is 346 g/mol. The first-order chi connectivity index (χ1) is 13.2. The molecule has 1 N–H and O–H groups in total. The average molecular weight is 365 g/mol. The van der Waals surface area contributed by atoms with Crippen LogP contribution in [0.2, 0.25) is 0 Å². The second-order valence-corrected chi connectivity index (χ2v) is 6.01. The van der Waals surface area contributed by atoms with Gasteiger partial charge in [0, 0.05) is 23.9 Å². The highest BCUT2D eigenvalue weighted by molar-refractivity contribution is 5.95. The van der Waals surface area contributed by atoms with Crippen LogP contribution in [0, 0.1) is 0 Å². The summed E-state index contributed by atoms with van der Waals surface area (Å²) < 4.78 is 18.2. The Bertz CT molecular complexity index is 936. The Balaban J connectivity index is 1.46. The predicted octanol–water partition coefficient (Wildman–Crippen LogP) is 2.58. The van der Waals surface area contributed by atoms with E-state index in [0.717, 1.165) is 11.3 Å². The molecule has 4 rings (SSSR count). The lowest BCUT2D eigenvalue weighted by molar-refractivity contribution is 0.0949. The molecule has 1 aliphatic rings. The molecule has 1 amide bonds. The van der Waals surface area contributed by atoms with E-state index in [-0.39, 0.29) is 5.91 Å². The standard InChI is InChI=1S/C20H19N3O4/c1-25-17-9-15(10-18-19(17)27-8-7-26-18)20(24)21-11-14-12-22-23(13-14)16-5-3-2-4-6-16/h2-6,9-10,12-13H,7-8,11H2,1H3,(H,21,24). The number of nitrogens with zero attached hydrogens (tertiary/aromatic N) is 2. The van der Waals surface area contributed by atoms with Crippen LogP contribution in [0.3, 0.4) is 0 Å². The molecule has 0 atom stereocenters. The van der Waals surface area contributed by atoms with E-state index in [1.54, 1.807) is 23.0 Å². The van der Waals surface area contributed by atoms with Crippen LogP contribution in [0.4, 0.5) is 0 Å². The molecule has 1 aliphatic heterocycles. The molecule has 7 nitrogen and oxygen atoms in total. The Morgan fingerprint density at radius 1 is 1.22 bits per heavy atom. The fourth-order valence-corrected chi connectivity index (χ4v) is 2.86. The molecule has 2 heterocycles. The van der Waals surface area contributed by atoms with E-state index < -0.39 is 0 Å². The number of carbonyl (C=O) groups excluding carboxylic acids is 1. The maximum absolute atomic E-state index is 12.6. The summed E-state index contributed by atoms with van der Waals surface area (Å²) in [6.07, 6.45) is 3.62. The van der Waals surface area contributed by atoms with E-state index in [1.165, 1.54) is 7.11 Å². The van der Waals surface area contributed by atoms with Gasteiger partial charge in [-0.2, -0.15) is 5.10 Å². The van der Waals surface area contributed by atoms with Crippen LogP contribution in [0.5, 0.6) is 17.2 Å². The molecular formula is C20H19N3O4. The number of ether oxygens (including phenoxy) is 3. The summed E-state index contributed by atoms with van der Waals surface area (Å²) in [6.45, 7) is 1.27. The highest BCUT2D eigenvalue weighted by Crippen LogP contribution is 2.40. The van der Waals surface area contributed by atoms with Gasteiger partial charge >= 0.3 is 0 Å². The zero-order valence-electron chi connectivity index (χ0n) is 14.8. The molecule has 7 heteroatoms. The Morgan fingerprint density at radius 3 is 2.85 bits per heavy atom. The zero-order valence-corrected chi connectivity index (χ0v) is 14.8. The van der Waals surface area contributed by atoms with Gasteiger partial charge in [0.1, 0.15) is 13.2 Å². The number of nitrogens with one attached hydrogen (secondary N) is 1. The van der Waals surface area contributed by atoms with Gasteiger partial charge in [-0.25, -0.2) is 4.68 Å². The number of hydrogen-bond donors (Lipinski definition) is 1. The lowest BCUT2D eigenvalue weighted by atomic mass is 10.1. The van der Waals surface area contributed by atoms with Gasteiger partial charge in [-0.3, -0.25) is 4.79 Å². The van der Waals surface area contributed by atoms with Crippen LogP contribution in [0.25, 0.3) is 5.69 Å². The molecule has 2 aromatic carbocycles. The van der Waals surface area contributed by atoms with Crippen molar-refractivity contribution >= 4 is 5.91 Å². The number of methoxy groups -OCH3 is 1. The van der Waals surface area contributed by atoms with Gasteiger partial charge in [-0.1, -0.05) is 18.2 Å². The summed E-state index contributed by atoms with van der Waals surface area (Å²) in [5.74, 6) is 1.30. The topological polar surface area (TPSA) is 74.6 Å². The first-order valence-electron chi connectivity index (χ1n) is 8.59. The number of aromatic nitrogens is 2. The largest absolute Gasteiger partial charge is 0.493 e.